The van der Waals surface area contributed by atoms with Crippen LogP contribution in [-0.2, 0) is 11.8 Å². The first-order chi connectivity index (χ1) is 16.7. The molecule has 3 atom stereocenters. The quantitative estimate of drug-likeness (QED) is 0.436. The van der Waals surface area contributed by atoms with E-state index >= 15 is 0 Å². The highest BCUT2D eigenvalue weighted by Crippen LogP contribution is 2.63. The van der Waals surface area contributed by atoms with Crippen LogP contribution in [0.5, 0.6) is 0 Å². The van der Waals surface area contributed by atoms with Crippen molar-refractivity contribution in [2.75, 3.05) is 36.4 Å². The summed E-state index contributed by atoms with van der Waals surface area (Å²) in [4.78, 5) is 11.9. The van der Waals surface area contributed by atoms with E-state index in [2.05, 4.69) is 38.6 Å². The van der Waals surface area contributed by atoms with Gasteiger partial charge in [0.05, 0.1) is 6.20 Å². The summed E-state index contributed by atoms with van der Waals surface area (Å²) >= 11 is 0. The fourth-order valence-electron chi connectivity index (χ4n) is 6.43. The van der Waals surface area contributed by atoms with Crippen molar-refractivity contribution < 1.29 is 4.39 Å². The van der Waals surface area contributed by atoms with Crippen LogP contribution in [0.3, 0.4) is 0 Å². The largest absolute Gasteiger partial charge is 0.384 e. The molecule has 0 bridgehead atoms. The molecule has 4 heterocycles. The minimum atomic E-state index is -0.277. The van der Waals surface area contributed by atoms with E-state index in [1.165, 1.54) is 11.3 Å². The lowest BCUT2D eigenvalue weighted by atomic mass is 9.91. The van der Waals surface area contributed by atoms with Crippen LogP contribution in [0.2, 0.25) is 0 Å². The average molecular weight is 456 g/mol. The van der Waals surface area contributed by atoms with Gasteiger partial charge in [-0.2, -0.15) is 5.10 Å². The second kappa shape index (κ2) is 7.24. The molecule has 1 aliphatic carbocycles. The minimum Gasteiger partial charge on any atom is -0.384 e. The fourth-order valence-corrected chi connectivity index (χ4v) is 6.43. The summed E-state index contributed by atoms with van der Waals surface area (Å²) in [7, 11) is 0. The maximum Gasteiger partial charge on any atom is 0.177 e. The fraction of sp³-hybridized carbons (Fsp3) is 0.346. The van der Waals surface area contributed by atoms with E-state index in [0.717, 1.165) is 60.6 Å². The second-order valence-corrected chi connectivity index (χ2v) is 9.72. The molecule has 8 heteroatoms. The first-order valence-electron chi connectivity index (χ1n) is 12.0. The predicted molar refractivity (Wildman–Crippen MR) is 130 cm³/mol. The summed E-state index contributed by atoms with van der Waals surface area (Å²) in [6.45, 7) is 3.09. The highest BCUT2D eigenvalue weighted by atomic mass is 19.1. The molecule has 2 aromatic heterocycles. The third kappa shape index (κ3) is 2.75. The van der Waals surface area contributed by atoms with E-state index in [1.807, 2.05) is 18.3 Å². The minimum absolute atomic E-state index is 0.151. The van der Waals surface area contributed by atoms with Crippen LogP contribution in [0.4, 0.5) is 15.9 Å². The third-order valence-electron chi connectivity index (χ3n) is 8.21. The Bertz CT molecular complexity index is 1420. The maximum absolute atomic E-state index is 14.7. The number of rotatable bonds is 4. The van der Waals surface area contributed by atoms with Crippen LogP contribution < -0.4 is 16.0 Å². The molecule has 3 aliphatic rings. The van der Waals surface area contributed by atoms with Crippen molar-refractivity contribution in [3.63, 3.8) is 0 Å². The number of aromatic nitrogens is 4. The smallest absolute Gasteiger partial charge is 0.177 e. The normalized spacial score (nSPS) is 25.2. The van der Waals surface area contributed by atoms with Crippen molar-refractivity contribution in [3.8, 4) is 11.3 Å². The summed E-state index contributed by atoms with van der Waals surface area (Å²) in [5, 5.41) is 11.0. The number of H-pyrrole nitrogens is 1. The molecular weight excluding hydrogens is 429 g/mol. The highest BCUT2D eigenvalue weighted by Gasteiger charge is 2.66. The molecule has 172 valence electrons. The van der Waals surface area contributed by atoms with E-state index < -0.39 is 0 Å². The summed E-state index contributed by atoms with van der Waals surface area (Å²) in [5.74, 6) is 1.40. The Morgan fingerprint density at radius 1 is 1.18 bits per heavy atom. The van der Waals surface area contributed by atoms with Crippen LogP contribution in [0.15, 0.2) is 48.7 Å². The molecule has 0 amide bonds. The molecule has 1 saturated carbocycles. The van der Waals surface area contributed by atoms with Gasteiger partial charge in [0.2, 0.25) is 0 Å². The lowest BCUT2D eigenvalue weighted by Gasteiger charge is -2.26. The number of aromatic amines is 1. The Labute approximate surface area is 196 Å². The van der Waals surface area contributed by atoms with Crippen molar-refractivity contribution in [1.29, 1.82) is 0 Å². The van der Waals surface area contributed by atoms with Gasteiger partial charge in [0.25, 0.3) is 0 Å². The number of piperidine rings is 1. The summed E-state index contributed by atoms with van der Waals surface area (Å²) in [6, 6.07) is 13.5. The third-order valence-corrected chi connectivity index (χ3v) is 8.21. The molecule has 4 N–H and O–H groups in total. The van der Waals surface area contributed by atoms with Gasteiger partial charge in [-0.25, -0.2) is 14.4 Å². The first-order valence-corrected chi connectivity index (χ1v) is 12.0. The maximum atomic E-state index is 14.7. The van der Waals surface area contributed by atoms with Gasteiger partial charge in [-0.15, -0.1) is 0 Å². The SMILES string of the molecule is NC[C@]1(c2ccccc2F)[C@@H]2CCN(c3cnc4c(-c5ccc6c(c5)CCN6)n[nH]c4n3)C[C@@H]21. The number of nitrogens with one attached hydrogen (secondary N) is 2. The van der Waals surface area contributed by atoms with Crippen molar-refractivity contribution in [3.05, 3.63) is 65.6 Å². The predicted octanol–water partition coefficient (Wildman–Crippen LogP) is 3.48. The van der Waals surface area contributed by atoms with Crippen molar-refractivity contribution in [1.82, 2.24) is 20.2 Å². The van der Waals surface area contributed by atoms with Gasteiger partial charge in [-0.1, -0.05) is 24.3 Å². The molecule has 7 nitrogen and oxygen atoms in total. The molecule has 2 fully saturated rings. The first kappa shape index (κ1) is 19.9. The highest BCUT2D eigenvalue weighted by molar-refractivity contribution is 5.88. The van der Waals surface area contributed by atoms with E-state index in [4.69, 9.17) is 15.7 Å². The molecule has 4 aromatic rings. The lowest BCUT2D eigenvalue weighted by Crippen LogP contribution is -2.32. The molecule has 0 spiro atoms. The van der Waals surface area contributed by atoms with Crippen LogP contribution in [0.1, 0.15) is 17.5 Å². The molecular formula is C26H26FN7. The summed E-state index contributed by atoms with van der Waals surface area (Å²) in [5.41, 5.74) is 12.6. The standard InChI is InChI=1S/C26H26FN7/c27-20-4-2-1-3-18(20)26(14-28)17-8-10-34(13-19(17)26)22-12-30-24-23(32-33-25(24)31-22)16-5-6-21-15(11-16)7-9-29-21/h1-6,11-12,17,19,29H,7-10,13-14,28H2,(H,31,32,33)/t17-,19+,26-/m1/s1. The number of nitrogens with zero attached hydrogens (tertiary/aromatic N) is 4. The van der Waals surface area contributed by atoms with E-state index in [-0.39, 0.29) is 11.2 Å². The van der Waals surface area contributed by atoms with Gasteiger partial charge in [0.1, 0.15) is 22.8 Å². The molecule has 2 aromatic carbocycles. The number of nitrogens with two attached hydrogens (primary N) is 1. The Hall–Kier alpha value is -3.52. The van der Waals surface area contributed by atoms with Crippen molar-refractivity contribution >= 4 is 22.7 Å². The molecule has 1 saturated heterocycles. The summed E-state index contributed by atoms with van der Waals surface area (Å²) < 4.78 is 14.7. The zero-order chi connectivity index (χ0) is 22.9. The summed E-state index contributed by atoms with van der Waals surface area (Å²) in [6.07, 6.45) is 3.83. The molecule has 2 aliphatic heterocycles. The van der Waals surface area contributed by atoms with E-state index in [1.54, 1.807) is 12.1 Å². The van der Waals surface area contributed by atoms with Crippen LogP contribution >= 0.6 is 0 Å². The Morgan fingerprint density at radius 3 is 2.97 bits per heavy atom. The number of anilines is 2. The molecule has 0 unspecified atom stereocenters. The van der Waals surface area contributed by atoms with Crippen LogP contribution in [-0.4, -0.2) is 46.3 Å². The van der Waals surface area contributed by atoms with E-state index in [0.29, 0.717) is 24.0 Å². The van der Waals surface area contributed by atoms with E-state index in [9.17, 15) is 4.39 Å². The Kier molecular flexibility index (Phi) is 4.24. The molecule has 7 rings (SSSR count). The Balaban J connectivity index is 1.17. The zero-order valence-corrected chi connectivity index (χ0v) is 18.8. The van der Waals surface area contributed by atoms with Gasteiger partial charge >= 0.3 is 0 Å². The monoisotopic (exact) mass is 455 g/mol. The lowest BCUT2D eigenvalue weighted by molar-refractivity contribution is 0.533. The van der Waals surface area contributed by atoms with Crippen LogP contribution in [0.25, 0.3) is 22.4 Å². The average Bonchev–Trinajstić information content (AvgIpc) is 3.17. The zero-order valence-electron chi connectivity index (χ0n) is 18.8. The van der Waals surface area contributed by atoms with Gasteiger partial charge in [0, 0.05) is 42.8 Å². The van der Waals surface area contributed by atoms with Gasteiger partial charge < -0.3 is 16.0 Å². The molecule has 0 radical (unpaired) electrons. The number of hydrogen-bond donors (Lipinski definition) is 3. The molecule has 34 heavy (non-hydrogen) atoms. The van der Waals surface area contributed by atoms with Crippen molar-refractivity contribution in [2.45, 2.75) is 18.3 Å². The Morgan fingerprint density at radius 2 is 2.09 bits per heavy atom. The topological polar surface area (TPSA) is 95.7 Å². The number of benzene rings is 2. The van der Waals surface area contributed by atoms with Gasteiger partial charge in [0.15, 0.2) is 5.65 Å². The number of hydrogen-bond acceptors (Lipinski definition) is 6. The second-order valence-electron chi connectivity index (χ2n) is 9.72. The van der Waals surface area contributed by atoms with Crippen LogP contribution in [0, 0.1) is 17.7 Å². The van der Waals surface area contributed by atoms with Crippen molar-refractivity contribution in [2.24, 2.45) is 17.6 Å². The van der Waals surface area contributed by atoms with Gasteiger partial charge in [-0.3, -0.25) is 5.10 Å². The van der Waals surface area contributed by atoms with Gasteiger partial charge in [-0.05, 0) is 54.0 Å². The number of fused-ring (bicyclic) bond motifs is 3. The number of halogens is 1.